The fraction of sp³-hybridized carbons (Fsp3) is 0.900. The number of hydrogen-bond acceptors (Lipinski definition) is 4. The van der Waals surface area contributed by atoms with Crippen LogP contribution in [0.15, 0.2) is 0 Å². The second kappa shape index (κ2) is 7.96. The lowest BCUT2D eigenvalue weighted by Crippen LogP contribution is -2.53. The number of carbonyl (C=O) groups is 2. The van der Waals surface area contributed by atoms with E-state index < -0.39 is 16.6 Å². The van der Waals surface area contributed by atoms with Gasteiger partial charge in [0.1, 0.15) is 11.2 Å². The van der Waals surface area contributed by atoms with Gasteiger partial charge in [0.25, 0.3) is 0 Å². The van der Waals surface area contributed by atoms with E-state index in [2.05, 4.69) is 13.8 Å². The molecule has 0 bridgehead atoms. The Kier molecular flexibility index (Phi) is 6.94. The fourth-order valence-electron chi connectivity index (χ4n) is 2.71. The first-order valence-electron chi connectivity index (χ1n) is 9.60. The Bertz CT molecular complexity index is 474. The van der Waals surface area contributed by atoms with Crippen molar-refractivity contribution in [1.29, 1.82) is 0 Å². The van der Waals surface area contributed by atoms with Crippen LogP contribution in [0.5, 0.6) is 0 Å². The van der Waals surface area contributed by atoms with Crippen LogP contribution >= 0.6 is 0 Å². The molecular weight excluding hydrogens is 318 g/mol. The van der Waals surface area contributed by atoms with Crippen molar-refractivity contribution in [3.63, 3.8) is 0 Å². The smallest absolute Gasteiger partial charge is 0.410 e. The minimum absolute atomic E-state index is 0.146. The second-order valence-electron chi connectivity index (χ2n) is 8.81. The number of carbonyl (C=O) groups excluding carboxylic acids is 2. The van der Waals surface area contributed by atoms with Crippen molar-refractivity contribution in [2.75, 3.05) is 13.1 Å². The van der Waals surface area contributed by atoms with Crippen molar-refractivity contribution < 1.29 is 19.1 Å². The maximum absolute atomic E-state index is 12.6. The highest BCUT2D eigenvalue weighted by Gasteiger charge is 2.44. The van der Waals surface area contributed by atoms with Gasteiger partial charge in [-0.25, -0.2) is 4.79 Å². The van der Waals surface area contributed by atoms with Gasteiger partial charge in [0.15, 0.2) is 0 Å². The van der Waals surface area contributed by atoms with Crippen molar-refractivity contribution >= 4 is 12.1 Å². The van der Waals surface area contributed by atoms with Crippen molar-refractivity contribution in [3.8, 4) is 0 Å². The van der Waals surface area contributed by atoms with Crippen molar-refractivity contribution in [2.24, 2.45) is 11.3 Å². The molecule has 0 aromatic carbocycles. The highest BCUT2D eigenvalue weighted by atomic mass is 16.6. The average Bonchev–Trinajstić information content (AvgIpc) is 2.54. The van der Waals surface area contributed by atoms with Crippen molar-refractivity contribution in [1.82, 2.24) is 4.90 Å². The Labute approximate surface area is 153 Å². The topological polar surface area (TPSA) is 55.8 Å². The molecule has 1 amide bonds. The molecule has 25 heavy (non-hydrogen) atoms. The van der Waals surface area contributed by atoms with Gasteiger partial charge in [0.2, 0.25) is 0 Å². The molecular formula is C20H37NO4. The lowest BCUT2D eigenvalue weighted by atomic mass is 9.80. The van der Waals surface area contributed by atoms with Crippen LogP contribution in [0, 0.1) is 11.3 Å². The number of amides is 1. The summed E-state index contributed by atoms with van der Waals surface area (Å²) in [6, 6.07) is 0. The second-order valence-corrected chi connectivity index (χ2v) is 8.81. The molecule has 0 atom stereocenters. The molecule has 0 spiro atoms. The molecule has 146 valence electrons. The minimum atomic E-state index is -0.499. The Morgan fingerprint density at radius 2 is 1.56 bits per heavy atom. The Balaban J connectivity index is 2.77. The maximum Gasteiger partial charge on any atom is 0.410 e. The summed E-state index contributed by atoms with van der Waals surface area (Å²) >= 11 is 0. The summed E-state index contributed by atoms with van der Waals surface area (Å²) in [6.07, 6.45) is 2.54. The van der Waals surface area contributed by atoms with Crippen LogP contribution in [0.3, 0.4) is 0 Å². The lowest BCUT2D eigenvalue weighted by Gasteiger charge is -2.45. The normalized spacial score (nSPS) is 18.2. The predicted molar refractivity (Wildman–Crippen MR) is 99.4 cm³/mol. The molecule has 0 N–H and O–H groups in total. The first-order chi connectivity index (χ1) is 11.4. The molecule has 5 heteroatoms. The van der Waals surface area contributed by atoms with E-state index in [1.165, 1.54) is 0 Å². The molecule has 5 nitrogen and oxygen atoms in total. The molecule has 0 unspecified atom stereocenters. The molecule has 0 aromatic rings. The highest BCUT2D eigenvalue weighted by molar-refractivity contribution is 5.76. The Morgan fingerprint density at radius 1 is 1.04 bits per heavy atom. The summed E-state index contributed by atoms with van der Waals surface area (Å²) in [6.45, 7) is 16.9. The van der Waals surface area contributed by atoms with Gasteiger partial charge in [-0.1, -0.05) is 27.7 Å². The standard InChI is InChI=1S/C20H37NO4/c1-9-18(5,6)16(22)24-20(15(3)4)11-13-21(14-12-20)17(23)25-19(7,8)10-2/h15H,9-14H2,1-8H3. The van der Waals surface area contributed by atoms with Crippen LogP contribution < -0.4 is 0 Å². The minimum Gasteiger partial charge on any atom is -0.458 e. The maximum atomic E-state index is 12.6. The molecule has 0 radical (unpaired) electrons. The Morgan fingerprint density at radius 3 is 1.96 bits per heavy atom. The molecule has 0 aromatic heterocycles. The number of nitrogens with zero attached hydrogens (tertiary/aromatic N) is 1. The quantitative estimate of drug-likeness (QED) is 0.643. The van der Waals surface area contributed by atoms with E-state index in [-0.39, 0.29) is 18.0 Å². The first kappa shape index (κ1) is 21.8. The van der Waals surface area contributed by atoms with E-state index in [1.54, 1.807) is 4.90 Å². The van der Waals surface area contributed by atoms with Gasteiger partial charge in [-0.3, -0.25) is 4.79 Å². The molecule has 0 saturated carbocycles. The van der Waals surface area contributed by atoms with E-state index in [1.807, 2.05) is 41.5 Å². The monoisotopic (exact) mass is 355 g/mol. The zero-order chi connectivity index (χ0) is 19.5. The lowest BCUT2D eigenvalue weighted by molar-refractivity contribution is -0.182. The Hall–Kier alpha value is -1.26. The van der Waals surface area contributed by atoms with Gasteiger partial charge in [-0.05, 0) is 46.5 Å². The molecule has 1 heterocycles. The summed E-state index contributed by atoms with van der Waals surface area (Å²) in [5.41, 5.74) is -1.44. The van der Waals surface area contributed by atoms with Crippen molar-refractivity contribution in [2.45, 2.75) is 92.3 Å². The summed E-state index contributed by atoms with van der Waals surface area (Å²) < 4.78 is 11.6. The zero-order valence-electron chi connectivity index (χ0n) is 17.4. The third kappa shape index (κ3) is 5.35. The zero-order valence-corrected chi connectivity index (χ0v) is 17.4. The summed E-state index contributed by atoms with van der Waals surface area (Å²) in [7, 11) is 0. The molecule has 1 aliphatic heterocycles. The number of ether oxygens (including phenoxy) is 2. The van der Waals surface area contributed by atoms with Crippen LogP contribution in [0.25, 0.3) is 0 Å². The molecule has 1 aliphatic rings. The van der Waals surface area contributed by atoms with E-state index in [0.717, 1.165) is 12.8 Å². The van der Waals surface area contributed by atoms with Gasteiger partial charge < -0.3 is 14.4 Å². The average molecular weight is 356 g/mol. The number of rotatable bonds is 6. The van der Waals surface area contributed by atoms with Crippen LogP contribution in [0.4, 0.5) is 4.79 Å². The van der Waals surface area contributed by atoms with Gasteiger partial charge in [0, 0.05) is 25.9 Å². The first-order valence-corrected chi connectivity index (χ1v) is 9.60. The number of hydrogen-bond donors (Lipinski definition) is 0. The predicted octanol–water partition coefficient (Wildman–Crippen LogP) is 4.78. The van der Waals surface area contributed by atoms with E-state index in [0.29, 0.717) is 25.9 Å². The van der Waals surface area contributed by atoms with E-state index in [9.17, 15) is 9.59 Å². The third-order valence-electron chi connectivity index (χ3n) is 5.87. The van der Waals surface area contributed by atoms with Crippen LogP contribution in [-0.2, 0) is 14.3 Å². The highest BCUT2D eigenvalue weighted by Crippen LogP contribution is 2.37. The number of esters is 1. The van der Waals surface area contributed by atoms with Crippen LogP contribution in [-0.4, -0.2) is 41.3 Å². The largest absolute Gasteiger partial charge is 0.458 e. The number of likely N-dealkylation sites (tertiary alicyclic amines) is 1. The molecule has 1 fully saturated rings. The van der Waals surface area contributed by atoms with Gasteiger partial charge in [0.05, 0.1) is 5.41 Å². The third-order valence-corrected chi connectivity index (χ3v) is 5.87. The summed E-state index contributed by atoms with van der Waals surface area (Å²) in [5, 5.41) is 0. The van der Waals surface area contributed by atoms with Gasteiger partial charge in [-0.15, -0.1) is 0 Å². The summed E-state index contributed by atoms with van der Waals surface area (Å²) in [4.78, 5) is 26.7. The van der Waals surface area contributed by atoms with Crippen LogP contribution in [0.1, 0.15) is 81.1 Å². The van der Waals surface area contributed by atoms with E-state index in [4.69, 9.17) is 9.47 Å². The number of piperidine rings is 1. The van der Waals surface area contributed by atoms with Crippen molar-refractivity contribution in [3.05, 3.63) is 0 Å². The fourth-order valence-corrected chi connectivity index (χ4v) is 2.71. The molecule has 1 saturated heterocycles. The molecule has 0 aliphatic carbocycles. The SMILES string of the molecule is CCC(C)(C)OC(=O)N1CCC(OC(=O)C(C)(C)CC)(C(C)C)CC1. The van der Waals surface area contributed by atoms with E-state index >= 15 is 0 Å². The van der Waals surface area contributed by atoms with Crippen LogP contribution in [0.2, 0.25) is 0 Å². The summed E-state index contributed by atoms with van der Waals surface area (Å²) in [5.74, 6) is 0.0567. The van der Waals surface area contributed by atoms with Gasteiger partial charge in [-0.2, -0.15) is 0 Å². The van der Waals surface area contributed by atoms with Gasteiger partial charge >= 0.3 is 12.1 Å². The molecule has 1 rings (SSSR count).